The van der Waals surface area contributed by atoms with Gasteiger partial charge >= 0.3 is 5.97 Å². The molecule has 114 valence electrons. The fourth-order valence-corrected chi connectivity index (χ4v) is 1.36. The van der Waals surface area contributed by atoms with Crippen molar-refractivity contribution in [2.45, 2.75) is 27.2 Å². The lowest BCUT2D eigenvalue weighted by atomic mass is 10.1. The van der Waals surface area contributed by atoms with Gasteiger partial charge in [0.1, 0.15) is 24.9 Å². The zero-order valence-electron chi connectivity index (χ0n) is 12.7. The first kappa shape index (κ1) is 16.5. The number of hydrogen-bond donors (Lipinski definition) is 0. The maximum atomic E-state index is 11.4. The van der Waals surface area contributed by atoms with Gasteiger partial charge < -0.3 is 14.4 Å². The van der Waals surface area contributed by atoms with Crippen molar-refractivity contribution in [3.63, 3.8) is 0 Å². The van der Waals surface area contributed by atoms with E-state index in [-0.39, 0.29) is 12.3 Å². The second-order valence-corrected chi connectivity index (χ2v) is 4.12. The molecule has 0 aliphatic heterocycles. The predicted molar refractivity (Wildman–Crippen MR) is 76.3 cm³/mol. The Morgan fingerprint density at radius 2 is 1.86 bits per heavy atom. The number of ether oxygens (including phenoxy) is 1. The molecule has 0 radical (unpaired) electrons. The predicted octanol–water partition coefficient (Wildman–Crippen LogP) is 1.28. The molecule has 8 heteroatoms. The van der Waals surface area contributed by atoms with Gasteiger partial charge in [-0.15, -0.1) is 0 Å². The smallest absolute Gasteiger partial charge is 0.310 e. The molecule has 8 nitrogen and oxygen atoms in total. The van der Waals surface area contributed by atoms with Crippen molar-refractivity contribution in [3.8, 4) is 5.88 Å². The molecule has 21 heavy (non-hydrogen) atoms. The number of carbonyl (C=O) groups excluding carboxylic acids is 1. The van der Waals surface area contributed by atoms with Crippen LogP contribution in [0.2, 0.25) is 0 Å². The van der Waals surface area contributed by atoms with Crippen LogP contribution in [0.4, 0.5) is 0 Å². The van der Waals surface area contributed by atoms with Gasteiger partial charge in [0.25, 0.3) is 5.88 Å². The Bertz CT molecular complexity index is 569. The van der Waals surface area contributed by atoms with Gasteiger partial charge in [0.15, 0.2) is 0 Å². The van der Waals surface area contributed by atoms with Crippen LogP contribution in [-0.2, 0) is 20.8 Å². The van der Waals surface area contributed by atoms with E-state index in [9.17, 15) is 4.79 Å². The van der Waals surface area contributed by atoms with Crippen molar-refractivity contribution >= 4 is 17.4 Å². The van der Waals surface area contributed by atoms with Crippen LogP contribution in [0.15, 0.2) is 16.6 Å². The van der Waals surface area contributed by atoms with Gasteiger partial charge in [-0.05, 0) is 20.8 Å². The van der Waals surface area contributed by atoms with Gasteiger partial charge in [-0.2, -0.15) is 4.98 Å². The second-order valence-electron chi connectivity index (χ2n) is 4.12. The number of aromatic nitrogens is 2. The van der Waals surface area contributed by atoms with Crippen LogP contribution in [0.1, 0.15) is 25.1 Å². The summed E-state index contributed by atoms with van der Waals surface area (Å²) in [6.07, 6.45) is 1.35. The minimum absolute atomic E-state index is 0.0121. The molecule has 0 saturated carbocycles. The van der Waals surface area contributed by atoms with E-state index < -0.39 is 5.97 Å². The van der Waals surface area contributed by atoms with Crippen LogP contribution in [0.5, 0.6) is 5.88 Å². The number of carbonyl (C=O) groups is 1. The van der Waals surface area contributed by atoms with E-state index in [0.717, 1.165) is 0 Å². The number of methoxy groups -OCH3 is 1. The Morgan fingerprint density at radius 1 is 1.19 bits per heavy atom. The van der Waals surface area contributed by atoms with E-state index in [2.05, 4.69) is 29.9 Å². The number of esters is 1. The second kappa shape index (κ2) is 7.93. The molecule has 0 saturated heterocycles. The zero-order chi connectivity index (χ0) is 15.8. The average Bonchev–Trinajstić information content (AvgIpc) is 2.47. The number of nitrogens with zero attached hydrogens (tertiary/aromatic N) is 4. The summed E-state index contributed by atoms with van der Waals surface area (Å²) >= 11 is 0. The lowest BCUT2D eigenvalue weighted by molar-refractivity contribution is -0.139. The normalized spacial score (nSPS) is 12.0. The van der Waals surface area contributed by atoms with Crippen LogP contribution >= 0.6 is 0 Å². The summed E-state index contributed by atoms with van der Waals surface area (Å²) in [5.41, 5.74) is 2.25. The monoisotopic (exact) mass is 294 g/mol. The number of rotatable bonds is 6. The van der Waals surface area contributed by atoms with Crippen LogP contribution < -0.4 is 4.84 Å². The van der Waals surface area contributed by atoms with Crippen LogP contribution in [0.3, 0.4) is 0 Å². The Morgan fingerprint density at radius 3 is 2.48 bits per heavy atom. The molecule has 0 N–H and O–H groups in total. The van der Waals surface area contributed by atoms with Gasteiger partial charge in [0, 0.05) is 11.3 Å². The van der Waals surface area contributed by atoms with Crippen molar-refractivity contribution in [2.75, 3.05) is 14.2 Å². The molecular weight excluding hydrogens is 276 g/mol. The maximum absolute atomic E-state index is 11.4. The van der Waals surface area contributed by atoms with E-state index in [0.29, 0.717) is 22.7 Å². The molecular formula is C13H18N4O4. The van der Waals surface area contributed by atoms with E-state index in [1.54, 1.807) is 20.8 Å². The fraction of sp³-hybridized carbons (Fsp3) is 0.462. The Kier molecular flexibility index (Phi) is 6.25. The van der Waals surface area contributed by atoms with Gasteiger partial charge in [-0.3, -0.25) is 4.79 Å². The summed E-state index contributed by atoms with van der Waals surface area (Å²) in [6.45, 7) is 5.19. The van der Waals surface area contributed by atoms with Gasteiger partial charge in [-0.1, -0.05) is 10.3 Å². The topological polar surface area (TPSA) is 95.3 Å². The Labute approximate surface area is 122 Å². The molecule has 0 unspecified atom stereocenters. The Hall–Kier alpha value is -2.51. The molecule has 0 atom stereocenters. The zero-order valence-corrected chi connectivity index (χ0v) is 12.7. The molecule has 0 spiro atoms. The molecule has 0 amide bonds. The molecule has 0 bridgehead atoms. The third-order valence-corrected chi connectivity index (χ3v) is 2.69. The standard InChI is InChI=1S/C13H18N4O4/c1-8(16-20-5)9(2)17-21-13-11(6-12(18)19-4)10(3)14-7-15-13/h7H,6H2,1-5H3/b16-8+,17-9+. The number of oxime groups is 2. The van der Waals surface area contributed by atoms with Crippen LogP contribution in [0, 0.1) is 6.92 Å². The summed E-state index contributed by atoms with van der Waals surface area (Å²) in [5.74, 6) is -0.201. The molecule has 0 fully saturated rings. The minimum Gasteiger partial charge on any atom is -0.469 e. The highest BCUT2D eigenvalue weighted by Gasteiger charge is 2.15. The fourth-order valence-electron chi connectivity index (χ4n) is 1.36. The van der Waals surface area contributed by atoms with Crippen molar-refractivity contribution in [3.05, 3.63) is 17.6 Å². The first-order valence-corrected chi connectivity index (χ1v) is 6.16. The summed E-state index contributed by atoms with van der Waals surface area (Å²) in [5, 5.41) is 7.65. The van der Waals surface area contributed by atoms with E-state index in [1.807, 2.05) is 0 Å². The lowest BCUT2D eigenvalue weighted by Gasteiger charge is -2.08. The van der Waals surface area contributed by atoms with E-state index in [4.69, 9.17) is 4.84 Å². The quantitative estimate of drug-likeness (QED) is 0.445. The van der Waals surface area contributed by atoms with E-state index >= 15 is 0 Å². The number of hydrogen-bond acceptors (Lipinski definition) is 8. The molecule has 1 aromatic rings. The van der Waals surface area contributed by atoms with Crippen LogP contribution in [-0.4, -0.2) is 41.6 Å². The first-order chi connectivity index (χ1) is 9.99. The Balaban J connectivity index is 2.98. The third kappa shape index (κ3) is 4.83. The highest BCUT2D eigenvalue weighted by Crippen LogP contribution is 2.18. The highest BCUT2D eigenvalue weighted by atomic mass is 16.6. The number of aryl methyl sites for hydroxylation is 1. The lowest BCUT2D eigenvalue weighted by Crippen LogP contribution is -2.11. The summed E-state index contributed by atoms with van der Waals surface area (Å²) < 4.78 is 4.64. The van der Waals surface area contributed by atoms with Crippen LogP contribution in [0.25, 0.3) is 0 Å². The van der Waals surface area contributed by atoms with Crippen molar-refractivity contribution in [2.24, 2.45) is 10.3 Å². The van der Waals surface area contributed by atoms with Crippen molar-refractivity contribution in [1.29, 1.82) is 0 Å². The van der Waals surface area contributed by atoms with Crippen molar-refractivity contribution in [1.82, 2.24) is 9.97 Å². The largest absolute Gasteiger partial charge is 0.469 e. The highest BCUT2D eigenvalue weighted by molar-refractivity contribution is 6.40. The van der Waals surface area contributed by atoms with Gasteiger partial charge in [0.05, 0.1) is 13.5 Å². The first-order valence-electron chi connectivity index (χ1n) is 6.16. The molecule has 0 aliphatic rings. The summed E-state index contributed by atoms with van der Waals surface area (Å²) in [7, 11) is 2.76. The van der Waals surface area contributed by atoms with E-state index in [1.165, 1.54) is 20.5 Å². The third-order valence-electron chi connectivity index (χ3n) is 2.69. The summed E-state index contributed by atoms with van der Waals surface area (Å²) in [6, 6.07) is 0. The minimum atomic E-state index is -0.407. The molecule has 1 aromatic heterocycles. The maximum Gasteiger partial charge on any atom is 0.310 e. The summed E-state index contributed by atoms with van der Waals surface area (Å²) in [4.78, 5) is 29.4. The SMILES string of the molecule is CO/N=C(C)/C(C)=N/Oc1ncnc(C)c1CC(=O)OC. The van der Waals surface area contributed by atoms with Crippen molar-refractivity contribution < 1.29 is 19.2 Å². The molecule has 0 aromatic carbocycles. The van der Waals surface area contributed by atoms with Gasteiger partial charge in [-0.25, -0.2) is 4.98 Å². The molecule has 1 heterocycles. The molecule has 1 rings (SSSR count). The molecule has 0 aliphatic carbocycles. The average molecular weight is 294 g/mol. The van der Waals surface area contributed by atoms with Gasteiger partial charge in [0.2, 0.25) is 0 Å².